The first kappa shape index (κ1) is 14.0. The number of carboxylic acids is 1. The van der Waals surface area contributed by atoms with Crippen molar-refractivity contribution in [2.75, 3.05) is 13.1 Å². The molecule has 1 aliphatic heterocycles. The van der Waals surface area contributed by atoms with Crippen LogP contribution in [0.25, 0.3) is 0 Å². The Morgan fingerprint density at radius 3 is 3.05 bits per heavy atom. The van der Waals surface area contributed by atoms with E-state index in [0.717, 1.165) is 44.8 Å². The van der Waals surface area contributed by atoms with Crippen molar-refractivity contribution in [3.05, 3.63) is 12.2 Å². The van der Waals surface area contributed by atoms with Crippen LogP contribution < -0.4 is 5.73 Å². The largest absolute Gasteiger partial charge is 0.480 e. The Balaban J connectivity index is 1.69. The van der Waals surface area contributed by atoms with Crippen LogP contribution in [0, 0.1) is 0 Å². The number of unbranched alkanes of at least 4 members (excludes halogenated alkanes) is 1. The van der Waals surface area contributed by atoms with Crippen molar-refractivity contribution in [2.45, 2.75) is 44.8 Å². The summed E-state index contributed by atoms with van der Waals surface area (Å²) in [6.07, 6.45) is 4.04. The first-order chi connectivity index (χ1) is 8.99. The van der Waals surface area contributed by atoms with E-state index in [4.69, 9.17) is 10.8 Å². The molecule has 1 atom stereocenters. The molecule has 3 N–H and O–H groups in total. The van der Waals surface area contributed by atoms with Crippen LogP contribution in [-0.2, 0) is 17.9 Å². The molecule has 0 radical (unpaired) electrons. The van der Waals surface area contributed by atoms with Gasteiger partial charge < -0.3 is 15.4 Å². The highest BCUT2D eigenvalue weighted by atomic mass is 16.4. The molecule has 1 aromatic heterocycles. The second-order valence-electron chi connectivity index (χ2n) is 5.40. The van der Waals surface area contributed by atoms with Gasteiger partial charge in [-0.1, -0.05) is 0 Å². The lowest BCUT2D eigenvalue weighted by Crippen LogP contribution is -2.44. The van der Waals surface area contributed by atoms with Gasteiger partial charge in [-0.15, -0.1) is 10.2 Å². The number of carboxylic acid groups (broad SMARTS) is 1. The van der Waals surface area contributed by atoms with Gasteiger partial charge in [0.2, 0.25) is 0 Å². The van der Waals surface area contributed by atoms with E-state index in [1.54, 1.807) is 13.3 Å². The fourth-order valence-electron chi connectivity index (χ4n) is 2.24. The minimum absolute atomic E-state index is 0.506. The first-order valence-corrected chi connectivity index (χ1v) is 6.60. The monoisotopic (exact) mass is 267 g/mol. The molecule has 1 aromatic rings. The Kier molecular flexibility index (Phi) is 4.16. The number of fused-ring (bicyclic) bond motifs is 1. The van der Waals surface area contributed by atoms with Crippen molar-refractivity contribution in [1.29, 1.82) is 0 Å². The highest BCUT2D eigenvalue weighted by molar-refractivity contribution is 5.77. The van der Waals surface area contributed by atoms with Crippen molar-refractivity contribution >= 4 is 5.97 Å². The van der Waals surface area contributed by atoms with Gasteiger partial charge in [0.05, 0.1) is 6.54 Å². The number of rotatable bonds is 6. The molecule has 0 spiro atoms. The van der Waals surface area contributed by atoms with Gasteiger partial charge >= 0.3 is 5.97 Å². The smallest absolute Gasteiger partial charge is 0.323 e. The van der Waals surface area contributed by atoms with Gasteiger partial charge in [0.15, 0.2) is 0 Å². The predicted octanol–water partition coefficient (Wildman–Crippen LogP) is 0.0660. The van der Waals surface area contributed by atoms with Crippen molar-refractivity contribution < 1.29 is 9.90 Å². The molecule has 0 amide bonds. The summed E-state index contributed by atoms with van der Waals surface area (Å²) in [6.45, 7) is 5.25. The van der Waals surface area contributed by atoms with Crippen LogP contribution in [0.1, 0.15) is 32.0 Å². The van der Waals surface area contributed by atoms with E-state index >= 15 is 0 Å². The molecule has 19 heavy (non-hydrogen) atoms. The molecule has 0 bridgehead atoms. The number of nitrogens with two attached hydrogens (primary N) is 1. The third kappa shape index (κ3) is 3.51. The highest BCUT2D eigenvalue weighted by Crippen LogP contribution is 2.13. The summed E-state index contributed by atoms with van der Waals surface area (Å²) in [4.78, 5) is 13.2. The highest BCUT2D eigenvalue weighted by Gasteiger charge is 2.27. The second kappa shape index (κ2) is 5.66. The zero-order valence-corrected chi connectivity index (χ0v) is 11.2. The summed E-state index contributed by atoms with van der Waals surface area (Å²) >= 11 is 0. The predicted molar refractivity (Wildman–Crippen MR) is 69.4 cm³/mol. The Hall–Kier alpha value is -1.47. The maximum atomic E-state index is 10.9. The van der Waals surface area contributed by atoms with Crippen molar-refractivity contribution in [3.8, 4) is 0 Å². The summed E-state index contributed by atoms with van der Waals surface area (Å²) in [7, 11) is 0. The molecule has 7 heteroatoms. The van der Waals surface area contributed by atoms with Crippen LogP contribution >= 0.6 is 0 Å². The van der Waals surface area contributed by atoms with E-state index in [1.807, 2.05) is 0 Å². The fraction of sp³-hybridized carbons (Fsp3) is 0.750. The summed E-state index contributed by atoms with van der Waals surface area (Å²) in [5.74, 6) is 0.0685. The molecule has 0 aliphatic carbocycles. The maximum absolute atomic E-state index is 10.9. The van der Waals surface area contributed by atoms with E-state index in [2.05, 4.69) is 19.7 Å². The summed E-state index contributed by atoms with van der Waals surface area (Å²) in [6, 6.07) is 0. The van der Waals surface area contributed by atoms with Crippen LogP contribution in [0.4, 0.5) is 0 Å². The lowest BCUT2D eigenvalue weighted by molar-refractivity contribution is -0.142. The van der Waals surface area contributed by atoms with Gasteiger partial charge in [-0.3, -0.25) is 9.69 Å². The Labute approximate surface area is 112 Å². The number of nitrogens with zero attached hydrogens (tertiary/aromatic N) is 4. The van der Waals surface area contributed by atoms with Crippen LogP contribution in [0.3, 0.4) is 0 Å². The van der Waals surface area contributed by atoms with Crippen LogP contribution in [0.15, 0.2) is 6.33 Å². The summed E-state index contributed by atoms with van der Waals surface area (Å²) in [5.41, 5.74) is 4.58. The SMILES string of the molecule is CC(N)(CCCCN1CCn2cnnc2C1)C(=O)O. The third-order valence-electron chi connectivity index (χ3n) is 3.63. The molecular weight excluding hydrogens is 246 g/mol. The van der Waals surface area contributed by atoms with Gasteiger partial charge in [0.25, 0.3) is 0 Å². The molecule has 106 valence electrons. The topological polar surface area (TPSA) is 97.3 Å². The van der Waals surface area contributed by atoms with Gasteiger partial charge in [0, 0.05) is 13.1 Å². The van der Waals surface area contributed by atoms with Crippen LogP contribution in [-0.4, -0.2) is 49.4 Å². The lowest BCUT2D eigenvalue weighted by Gasteiger charge is -2.27. The molecule has 0 fully saturated rings. The van der Waals surface area contributed by atoms with E-state index in [9.17, 15) is 4.79 Å². The van der Waals surface area contributed by atoms with Gasteiger partial charge in [-0.05, 0) is 32.7 Å². The summed E-state index contributed by atoms with van der Waals surface area (Å²) < 4.78 is 2.07. The zero-order valence-electron chi connectivity index (χ0n) is 11.2. The van der Waals surface area contributed by atoms with Gasteiger partial charge in [-0.2, -0.15) is 0 Å². The number of hydrogen-bond donors (Lipinski definition) is 2. The van der Waals surface area contributed by atoms with Crippen molar-refractivity contribution in [3.63, 3.8) is 0 Å². The molecule has 1 aliphatic rings. The standard InChI is InChI=1S/C12H21N5O2/c1-12(13,11(18)19)4-2-3-5-16-6-7-17-9-14-15-10(17)8-16/h9H,2-8,13H2,1H3,(H,18,19). The Bertz CT molecular complexity index is 443. The van der Waals surface area contributed by atoms with Crippen molar-refractivity contribution in [1.82, 2.24) is 19.7 Å². The number of aromatic nitrogens is 3. The lowest BCUT2D eigenvalue weighted by atomic mass is 9.96. The average molecular weight is 267 g/mol. The van der Waals surface area contributed by atoms with Crippen LogP contribution in [0.2, 0.25) is 0 Å². The Morgan fingerprint density at radius 1 is 1.53 bits per heavy atom. The molecular formula is C12H21N5O2. The second-order valence-corrected chi connectivity index (χ2v) is 5.40. The van der Waals surface area contributed by atoms with E-state index < -0.39 is 11.5 Å². The molecule has 0 saturated heterocycles. The van der Waals surface area contributed by atoms with E-state index in [-0.39, 0.29) is 0 Å². The molecule has 0 aromatic carbocycles. The van der Waals surface area contributed by atoms with Crippen molar-refractivity contribution in [2.24, 2.45) is 5.73 Å². The number of hydrogen-bond acceptors (Lipinski definition) is 5. The number of carbonyl (C=O) groups is 1. The quantitative estimate of drug-likeness (QED) is 0.708. The normalized spacial score (nSPS) is 18.8. The molecule has 7 nitrogen and oxygen atoms in total. The summed E-state index contributed by atoms with van der Waals surface area (Å²) in [5, 5.41) is 16.9. The molecule has 2 rings (SSSR count). The Morgan fingerprint density at radius 2 is 2.32 bits per heavy atom. The minimum atomic E-state index is -1.11. The van der Waals surface area contributed by atoms with Gasteiger partial charge in [-0.25, -0.2) is 0 Å². The molecule has 0 saturated carbocycles. The maximum Gasteiger partial charge on any atom is 0.323 e. The first-order valence-electron chi connectivity index (χ1n) is 6.60. The molecule has 1 unspecified atom stereocenters. The van der Waals surface area contributed by atoms with E-state index in [0.29, 0.717) is 6.42 Å². The van der Waals surface area contributed by atoms with Crippen LogP contribution in [0.5, 0.6) is 0 Å². The third-order valence-corrected chi connectivity index (χ3v) is 3.63. The molecule has 2 heterocycles. The minimum Gasteiger partial charge on any atom is -0.480 e. The average Bonchev–Trinajstić information content (AvgIpc) is 2.81. The van der Waals surface area contributed by atoms with Gasteiger partial charge in [0.1, 0.15) is 17.7 Å². The van der Waals surface area contributed by atoms with E-state index in [1.165, 1.54) is 0 Å². The zero-order chi connectivity index (χ0) is 13.9. The fourth-order valence-corrected chi connectivity index (χ4v) is 2.24. The number of aliphatic carboxylic acids is 1.